The fourth-order valence-corrected chi connectivity index (χ4v) is 6.67. The van der Waals surface area contributed by atoms with Gasteiger partial charge in [-0.15, -0.1) is 0 Å². The number of nitrogen functional groups attached to an aromatic ring is 2. The summed E-state index contributed by atoms with van der Waals surface area (Å²) in [5.41, 5.74) is 11.8. The Balaban J connectivity index is 1.76. The van der Waals surface area contributed by atoms with Gasteiger partial charge in [-0.2, -0.15) is 14.9 Å². The Morgan fingerprint density at radius 1 is 1.36 bits per heavy atom. The summed E-state index contributed by atoms with van der Waals surface area (Å²) in [6.07, 6.45) is -1.90. The lowest BCUT2D eigenvalue weighted by Gasteiger charge is -2.17. The second-order valence-electron chi connectivity index (χ2n) is 5.78. The third-order valence-corrected chi connectivity index (χ3v) is 12.6. The van der Waals surface area contributed by atoms with Gasteiger partial charge in [-0.25, -0.2) is 14.1 Å². The molecule has 3 rings (SSSR count). The van der Waals surface area contributed by atoms with Crippen LogP contribution in [-0.4, -0.2) is 58.1 Å². The number of aliphatic hydroxyl groups excluding tert-OH is 1. The van der Waals surface area contributed by atoms with Gasteiger partial charge < -0.3 is 26.2 Å². The van der Waals surface area contributed by atoms with E-state index in [1.165, 1.54) is 10.9 Å². The summed E-state index contributed by atoms with van der Waals surface area (Å²) in [5.74, 6) is -0.0686. The number of anilines is 2. The van der Waals surface area contributed by atoms with Crippen molar-refractivity contribution < 1.29 is 42.7 Å². The van der Waals surface area contributed by atoms with E-state index in [9.17, 15) is 28.6 Å². The van der Waals surface area contributed by atoms with Crippen LogP contribution in [0.2, 0.25) is 0 Å². The smallest absolute Gasteiger partial charge is 0.390 e. The molecule has 2 aromatic rings. The van der Waals surface area contributed by atoms with Crippen LogP contribution in [0.25, 0.3) is 11.2 Å². The summed E-state index contributed by atoms with van der Waals surface area (Å²) in [7, 11) is -9.21. The Bertz CT molecular complexity index is 1030. The van der Waals surface area contributed by atoms with E-state index in [-0.39, 0.29) is 29.4 Å². The Labute approximate surface area is 157 Å². The molecule has 0 aromatic carbocycles. The summed E-state index contributed by atoms with van der Waals surface area (Å²) in [6, 6.07) is 0. The Hall–Kier alpha value is -1.53. The molecule has 28 heavy (non-hydrogen) atoms. The molecule has 0 spiro atoms. The van der Waals surface area contributed by atoms with Crippen LogP contribution in [0.1, 0.15) is 12.6 Å². The molecular weight excluding hydrogens is 441 g/mol. The van der Waals surface area contributed by atoms with Crippen LogP contribution in [0, 0.1) is 0 Å². The minimum atomic E-state index is -5.39. The number of aromatic nitrogens is 4. The number of nitrogens with zero attached hydrogens (tertiary/aromatic N) is 4. The van der Waals surface area contributed by atoms with Crippen LogP contribution < -0.4 is 11.5 Å². The van der Waals surface area contributed by atoms with Crippen molar-refractivity contribution in [3.05, 3.63) is 6.33 Å². The van der Waals surface area contributed by atoms with Gasteiger partial charge in [-0.05, 0) is 4.57 Å². The van der Waals surface area contributed by atoms with Gasteiger partial charge in [-0.3, -0.25) is 14.0 Å². The maximum absolute atomic E-state index is 11.8. The monoisotopic (exact) mass is 457 g/mol. The number of nitrogens with two attached hydrogens (primary N) is 2. The van der Waals surface area contributed by atoms with E-state index in [4.69, 9.17) is 21.1 Å². The van der Waals surface area contributed by atoms with Gasteiger partial charge >= 0.3 is 21.7 Å². The first-order valence-electron chi connectivity index (χ1n) is 7.50. The molecule has 0 bridgehead atoms. The van der Waals surface area contributed by atoms with E-state index >= 15 is 0 Å². The maximum Gasteiger partial charge on any atom is 0.600 e. The lowest BCUT2D eigenvalue weighted by molar-refractivity contribution is -0.0389. The molecule has 1 saturated heterocycles. The maximum atomic E-state index is 11.8. The standard InChI is InChI=1S/C10H15N6O9P3/c11-8-7-9(15-10(12)14-8)16(3-13-7)6-1-4(17)5(25-6)2-24-27(20,21)28(22,23)26(18)19/h3-6,17H,1-2H2,(H6-,11,12,14,15,18,19,20,21,22,23)/p+1/t4-,5+,6+/m0/s1. The van der Waals surface area contributed by atoms with Gasteiger partial charge in [0, 0.05) is 6.42 Å². The van der Waals surface area contributed by atoms with Crippen molar-refractivity contribution in [2.24, 2.45) is 0 Å². The zero-order valence-corrected chi connectivity index (χ0v) is 16.5. The van der Waals surface area contributed by atoms with E-state index in [0.717, 1.165) is 0 Å². The van der Waals surface area contributed by atoms with E-state index in [2.05, 4.69) is 19.5 Å². The van der Waals surface area contributed by atoms with Crippen LogP contribution in [0.3, 0.4) is 0 Å². The molecule has 6 atom stereocenters. The molecule has 1 fully saturated rings. The molecule has 2 aromatic heterocycles. The van der Waals surface area contributed by atoms with Gasteiger partial charge in [0.05, 0.1) is 19.0 Å². The molecular formula is C10H16N6O9P3+. The predicted molar refractivity (Wildman–Crippen MR) is 94.1 cm³/mol. The summed E-state index contributed by atoms with van der Waals surface area (Å²) >= 11 is 0. The molecule has 154 valence electrons. The fraction of sp³-hybridized carbons (Fsp3) is 0.500. The number of rotatable bonds is 6. The minimum absolute atomic E-state index is 0.00984. The average molecular weight is 457 g/mol. The molecule has 0 radical (unpaired) electrons. The zero-order valence-electron chi connectivity index (χ0n) is 13.8. The highest BCUT2D eigenvalue weighted by molar-refractivity contribution is 8.57. The normalized spacial score (nSPS) is 27.4. The molecule has 0 amide bonds. The van der Waals surface area contributed by atoms with Gasteiger partial charge in [0.1, 0.15) is 17.8 Å². The SMILES string of the molecule is Nc1nc(N)c2ncn([C@H]3C[C@H](O)[C@@H](COP(=O)(O)P(=O)(O)[P+](=O)O)O3)c2n1. The van der Waals surface area contributed by atoms with Crippen LogP contribution in [0.5, 0.6) is 0 Å². The number of hydrogen-bond acceptors (Lipinski definition) is 11. The second-order valence-corrected chi connectivity index (χ2v) is 15.3. The lowest BCUT2D eigenvalue weighted by Crippen LogP contribution is -2.25. The molecule has 1 aliphatic heterocycles. The lowest BCUT2D eigenvalue weighted by atomic mass is 10.2. The quantitative estimate of drug-likeness (QED) is 0.304. The molecule has 0 aliphatic carbocycles. The highest BCUT2D eigenvalue weighted by Gasteiger charge is 2.61. The highest BCUT2D eigenvalue weighted by Crippen LogP contribution is 2.88. The van der Waals surface area contributed by atoms with Gasteiger partial charge in [-0.1, -0.05) is 0 Å². The largest absolute Gasteiger partial charge is 0.600 e. The number of fused-ring (bicyclic) bond motifs is 1. The number of imidazole rings is 1. The van der Waals surface area contributed by atoms with Crippen molar-refractivity contribution >= 4 is 44.7 Å². The first kappa shape index (κ1) is 21.2. The first-order chi connectivity index (χ1) is 12.9. The van der Waals surface area contributed by atoms with Crippen LogP contribution in [0.15, 0.2) is 6.33 Å². The Morgan fingerprint density at radius 3 is 2.68 bits per heavy atom. The average Bonchev–Trinajstić information content (AvgIpc) is 3.16. The van der Waals surface area contributed by atoms with Gasteiger partial charge in [0.2, 0.25) is 5.95 Å². The third kappa shape index (κ3) is 3.69. The Kier molecular flexibility index (Phi) is 5.58. The minimum Gasteiger partial charge on any atom is -0.390 e. The van der Waals surface area contributed by atoms with Crippen LogP contribution in [0.4, 0.5) is 11.8 Å². The molecule has 18 heteroatoms. The van der Waals surface area contributed by atoms with Crippen molar-refractivity contribution in [2.45, 2.75) is 24.9 Å². The van der Waals surface area contributed by atoms with E-state index in [1.807, 2.05) is 0 Å². The molecule has 3 heterocycles. The molecule has 1 aliphatic rings. The van der Waals surface area contributed by atoms with Crippen molar-refractivity contribution in [1.29, 1.82) is 0 Å². The summed E-state index contributed by atoms with van der Waals surface area (Å²) in [6.45, 7) is -6.18. The fourth-order valence-electron chi connectivity index (χ4n) is 2.54. The summed E-state index contributed by atoms with van der Waals surface area (Å²) < 4.78 is 45.5. The first-order valence-corrected chi connectivity index (χ1v) is 13.4. The number of ether oxygens (including phenoxy) is 1. The van der Waals surface area contributed by atoms with Crippen molar-refractivity contribution in [3.63, 3.8) is 0 Å². The number of aliphatic hydroxyl groups is 1. The van der Waals surface area contributed by atoms with Crippen molar-refractivity contribution in [2.75, 3.05) is 18.1 Å². The molecule has 3 unspecified atom stereocenters. The highest BCUT2D eigenvalue weighted by atomic mass is 32.5. The molecule has 15 nitrogen and oxygen atoms in total. The van der Waals surface area contributed by atoms with Gasteiger partial charge in [0.25, 0.3) is 0 Å². The van der Waals surface area contributed by atoms with E-state index in [1.54, 1.807) is 0 Å². The molecule has 8 N–H and O–H groups in total. The summed E-state index contributed by atoms with van der Waals surface area (Å²) in [5, 5.41) is 10.1. The van der Waals surface area contributed by atoms with E-state index < -0.39 is 46.8 Å². The van der Waals surface area contributed by atoms with Gasteiger partial charge in [0.15, 0.2) is 11.5 Å². The topological polar surface area (TPSA) is 246 Å². The van der Waals surface area contributed by atoms with Crippen LogP contribution in [-0.2, 0) is 23.0 Å². The Morgan fingerprint density at radius 2 is 2.04 bits per heavy atom. The third-order valence-electron chi connectivity index (χ3n) is 3.94. The number of hydrogen-bond donors (Lipinski definition) is 6. The van der Waals surface area contributed by atoms with E-state index in [0.29, 0.717) is 0 Å². The predicted octanol–water partition coefficient (Wildman–Crippen LogP) is -0.324. The summed E-state index contributed by atoms with van der Waals surface area (Å²) in [4.78, 5) is 39.3. The van der Waals surface area contributed by atoms with Crippen molar-refractivity contribution in [1.82, 2.24) is 19.5 Å². The van der Waals surface area contributed by atoms with Crippen molar-refractivity contribution in [3.8, 4) is 0 Å². The zero-order chi connectivity index (χ0) is 20.9. The second kappa shape index (κ2) is 7.38. The molecule has 0 saturated carbocycles. The van der Waals surface area contributed by atoms with Crippen LogP contribution >= 0.6 is 21.7 Å².